The highest BCUT2D eigenvalue weighted by molar-refractivity contribution is 7.00. The van der Waals surface area contributed by atoms with Crippen molar-refractivity contribution in [3.8, 4) is 55.9 Å². The van der Waals surface area contributed by atoms with Gasteiger partial charge in [-0.3, -0.25) is 0 Å². The van der Waals surface area contributed by atoms with Gasteiger partial charge < -0.3 is 27.8 Å². The number of rotatable bonds is 8. The van der Waals surface area contributed by atoms with E-state index in [-0.39, 0.29) is 28.4 Å². The third kappa shape index (κ3) is 10.7. The highest BCUT2D eigenvalue weighted by Crippen LogP contribution is 2.52. The number of fused-ring (bicyclic) bond motifs is 16. The zero-order valence-electron chi connectivity index (χ0n) is 66.1. The molecule has 546 valence electrons. The summed E-state index contributed by atoms with van der Waals surface area (Å²) in [7, 11) is 0. The Morgan fingerprint density at radius 3 is 0.991 bits per heavy atom. The molecule has 7 heteroatoms. The van der Waals surface area contributed by atoms with Crippen LogP contribution in [0.25, 0.3) is 143 Å². The maximum atomic E-state index is 6.54. The van der Waals surface area contributed by atoms with Crippen LogP contribution in [-0.4, -0.2) is 15.8 Å². The van der Waals surface area contributed by atoms with Crippen molar-refractivity contribution in [2.75, 3.05) is 9.80 Å². The number of para-hydroxylation sites is 8. The van der Waals surface area contributed by atoms with E-state index in [1.165, 1.54) is 93.5 Å². The van der Waals surface area contributed by atoms with Gasteiger partial charge in [0.05, 0.1) is 33.4 Å². The van der Waals surface area contributed by atoms with Gasteiger partial charge in [-0.25, -0.2) is 0 Å². The molecule has 4 aromatic heterocycles. The summed E-state index contributed by atoms with van der Waals surface area (Å²) in [6.07, 6.45) is 0. The Bertz CT molecular complexity index is 6720. The van der Waals surface area contributed by atoms with Crippen LogP contribution in [0.15, 0.2) is 318 Å². The zero-order valence-corrected chi connectivity index (χ0v) is 66.1. The molecule has 0 aliphatic carbocycles. The molecule has 2 aliphatic heterocycles. The summed E-state index contributed by atoms with van der Waals surface area (Å²) < 4.78 is 18.3. The topological polar surface area (TPSA) is 42.6 Å². The second kappa shape index (κ2) is 24.8. The van der Waals surface area contributed by atoms with E-state index in [2.05, 4.69) is 411 Å². The summed E-state index contributed by atoms with van der Waals surface area (Å²) in [6, 6.07) is 117. The lowest BCUT2D eigenvalue weighted by molar-refractivity contribution is 0.568. The molecular weight excluding hydrogens is 1370 g/mol. The zero-order chi connectivity index (χ0) is 76.9. The fourth-order valence-electron chi connectivity index (χ4n) is 18.7. The van der Waals surface area contributed by atoms with Crippen molar-refractivity contribution in [3.63, 3.8) is 0 Å². The summed E-state index contributed by atoms with van der Waals surface area (Å²) in [5.74, 6) is 0. The third-order valence-electron chi connectivity index (χ3n) is 24.5. The molecule has 2 aliphatic rings. The van der Waals surface area contributed by atoms with Gasteiger partial charge in [-0.1, -0.05) is 283 Å². The van der Waals surface area contributed by atoms with Crippen molar-refractivity contribution in [1.82, 2.24) is 9.13 Å². The van der Waals surface area contributed by atoms with Crippen molar-refractivity contribution in [2.24, 2.45) is 0 Å². The van der Waals surface area contributed by atoms with Crippen LogP contribution in [0.3, 0.4) is 0 Å². The molecule has 0 bridgehead atoms. The van der Waals surface area contributed by atoms with E-state index >= 15 is 0 Å². The maximum absolute atomic E-state index is 6.54. The molecular formula is C106H87BN4O2. The van der Waals surface area contributed by atoms with Crippen LogP contribution >= 0.6 is 0 Å². The first-order valence-electron chi connectivity index (χ1n) is 40.0. The lowest BCUT2D eigenvalue weighted by atomic mass is 9.33. The van der Waals surface area contributed by atoms with Gasteiger partial charge in [-0.05, 0) is 192 Å². The number of hydrogen-bond acceptors (Lipinski definition) is 4. The SMILES string of the molecule is CC(C)(C)c1cc(-c2cccc3c4ccccc4n(-c4ccc5c(c4)B4c6cc(-n7c8ccccc8c8cccc(-c9cc(C(C)(C)C)cc(C(C)(C)C)c9)c87)ccc6N(c6ccccc6-c6ccc7oc8ccccc8c7c6)c6cccc(c64)N5c4ccccc4-c4ccc5oc6ccccc6c5c4)c23)cc(C(C)(C)C)c1. The van der Waals surface area contributed by atoms with Gasteiger partial charge in [-0.2, -0.15) is 0 Å². The number of nitrogens with zero attached hydrogens (tertiary/aromatic N) is 4. The molecule has 6 nitrogen and oxygen atoms in total. The smallest absolute Gasteiger partial charge is 0.252 e. The first-order valence-corrected chi connectivity index (χ1v) is 40.0. The second-order valence-electron chi connectivity index (χ2n) is 35.7. The number of furan rings is 2. The first-order chi connectivity index (χ1) is 54.6. The van der Waals surface area contributed by atoms with Gasteiger partial charge in [0.2, 0.25) is 0 Å². The van der Waals surface area contributed by atoms with E-state index in [9.17, 15) is 0 Å². The van der Waals surface area contributed by atoms with Crippen molar-refractivity contribution in [3.05, 3.63) is 332 Å². The van der Waals surface area contributed by atoms with Crippen molar-refractivity contribution < 1.29 is 8.83 Å². The summed E-state index contributed by atoms with van der Waals surface area (Å²) in [5, 5.41) is 9.22. The molecule has 0 atom stereocenters. The normalized spacial score (nSPS) is 13.3. The Kier molecular flexibility index (Phi) is 15.0. The van der Waals surface area contributed by atoms with Crippen LogP contribution in [0.2, 0.25) is 0 Å². The Morgan fingerprint density at radius 2 is 0.575 bits per heavy atom. The molecule has 0 saturated heterocycles. The minimum Gasteiger partial charge on any atom is -0.456 e. The molecule has 0 radical (unpaired) electrons. The summed E-state index contributed by atoms with van der Waals surface area (Å²) in [6.45, 7) is 27.8. The molecule has 15 aromatic carbocycles. The van der Waals surface area contributed by atoms with Crippen LogP contribution < -0.4 is 26.2 Å². The molecule has 0 amide bonds. The summed E-state index contributed by atoms with van der Waals surface area (Å²) in [5.41, 5.74) is 34.7. The fourth-order valence-corrected chi connectivity index (χ4v) is 18.7. The highest BCUT2D eigenvalue weighted by Gasteiger charge is 2.45. The minimum absolute atomic E-state index is 0.0924. The molecule has 19 aromatic rings. The van der Waals surface area contributed by atoms with Gasteiger partial charge in [0.1, 0.15) is 22.3 Å². The fraction of sp³-hybridized carbons (Fsp3) is 0.151. The van der Waals surface area contributed by atoms with Crippen molar-refractivity contribution >= 4 is 145 Å². The lowest BCUT2D eigenvalue weighted by Gasteiger charge is -2.45. The van der Waals surface area contributed by atoms with Gasteiger partial charge in [0.15, 0.2) is 0 Å². The van der Waals surface area contributed by atoms with Gasteiger partial charge >= 0.3 is 0 Å². The number of aromatic nitrogens is 2. The molecule has 21 rings (SSSR count). The second-order valence-corrected chi connectivity index (χ2v) is 35.7. The van der Waals surface area contributed by atoms with E-state index in [0.717, 1.165) is 123 Å². The third-order valence-corrected chi connectivity index (χ3v) is 24.5. The largest absolute Gasteiger partial charge is 0.456 e. The Labute approximate surface area is 660 Å². The van der Waals surface area contributed by atoms with E-state index in [4.69, 9.17) is 8.83 Å². The standard InChI is InChI=1S/C106H87BN4O2/c1-103(2,3)68-54-66(55-69(60-68)104(4,5)6)76-34-25-36-82-78-30-15-21-40-90(78)108(101(76)82)72-48-50-92-86(62-72)107-87-63-73(109-91-41-22-16-31-79(91)83-37-26-35-77(102(83)109)67-56-70(105(7,8)9)61-71(57-67)106(10,11)12)49-51-93(87)111(89-39-20-14-29-75(89)65-47-53-99-85(59-65)81-33-18-24-45-97(81)113-99)95-43-27-42-94(100(95)107)110(92)88-38-19-13-28-74(88)64-46-52-98-84(58-64)80-32-17-23-44-96(80)112-98/h13-63H,1-12H3. The number of hydrogen-bond donors (Lipinski definition) is 0. The number of benzene rings is 15. The van der Waals surface area contributed by atoms with Crippen molar-refractivity contribution in [2.45, 2.75) is 105 Å². The molecule has 6 heterocycles. The molecule has 0 fully saturated rings. The highest BCUT2D eigenvalue weighted by atomic mass is 16.3. The summed E-state index contributed by atoms with van der Waals surface area (Å²) in [4.78, 5) is 5.19. The van der Waals surface area contributed by atoms with E-state index in [0.29, 0.717) is 0 Å². The average Bonchev–Trinajstić information content (AvgIpc) is 1.17. The Morgan fingerprint density at radius 1 is 0.239 bits per heavy atom. The predicted octanol–water partition coefficient (Wildman–Crippen LogP) is 27.6. The lowest BCUT2D eigenvalue weighted by Crippen LogP contribution is -2.61. The van der Waals surface area contributed by atoms with Crippen LogP contribution in [-0.2, 0) is 21.7 Å². The summed E-state index contributed by atoms with van der Waals surface area (Å²) >= 11 is 0. The van der Waals surface area contributed by atoms with E-state index < -0.39 is 0 Å². The molecule has 113 heavy (non-hydrogen) atoms. The van der Waals surface area contributed by atoms with Crippen LogP contribution in [0.5, 0.6) is 0 Å². The average molecular weight is 1460 g/mol. The monoisotopic (exact) mass is 1460 g/mol. The van der Waals surface area contributed by atoms with Crippen molar-refractivity contribution in [1.29, 1.82) is 0 Å². The molecule has 0 unspecified atom stereocenters. The molecule has 0 saturated carbocycles. The quantitative estimate of drug-likeness (QED) is 0.142. The number of anilines is 6. The molecule has 0 spiro atoms. The van der Waals surface area contributed by atoms with E-state index in [1.54, 1.807) is 0 Å². The van der Waals surface area contributed by atoms with Crippen LogP contribution in [0, 0.1) is 0 Å². The Balaban J connectivity index is 0.873. The van der Waals surface area contributed by atoms with E-state index in [1.807, 2.05) is 0 Å². The first kappa shape index (κ1) is 68.2. The molecule has 0 N–H and O–H groups in total. The van der Waals surface area contributed by atoms with Gasteiger partial charge in [0, 0.05) is 99.5 Å². The van der Waals surface area contributed by atoms with Crippen LogP contribution in [0.1, 0.15) is 105 Å². The minimum atomic E-state index is -0.309. The predicted molar refractivity (Wildman–Crippen MR) is 480 cm³/mol. The van der Waals surface area contributed by atoms with Gasteiger partial charge in [-0.15, -0.1) is 0 Å². The van der Waals surface area contributed by atoms with Gasteiger partial charge in [0.25, 0.3) is 6.71 Å². The maximum Gasteiger partial charge on any atom is 0.252 e. The van der Waals surface area contributed by atoms with Crippen LogP contribution in [0.4, 0.5) is 34.1 Å². The Hall–Kier alpha value is -12.8.